The van der Waals surface area contributed by atoms with Crippen LogP contribution in [0.2, 0.25) is 0 Å². The van der Waals surface area contributed by atoms with Crippen molar-refractivity contribution in [3.63, 3.8) is 0 Å². The number of H-pyrrole nitrogens is 1. The lowest BCUT2D eigenvalue weighted by atomic mass is 10.2. The Labute approximate surface area is 106 Å². The molecule has 1 aromatic carbocycles. The van der Waals surface area contributed by atoms with Gasteiger partial charge in [0.25, 0.3) is 5.91 Å². The van der Waals surface area contributed by atoms with Gasteiger partial charge in [-0.25, -0.2) is 0 Å². The minimum atomic E-state index is -0.104. The first-order chi connectivity index (χ1) is 8.58. The average Bonchev–Trinajstić information content (AvgIpc) is 2.74. The Kier molecular flexibility index (Phi) is 3.53. The van der Waals surface area contributed by atoms with Crippen LogP contribution in [-0.4, -0.2) is 43.0 Å². The number of aromatic nitrogens is 1. The molecule has 0 radical (unpaired) electrons. The number of carbonyl (C=O) groups is 1. The van der Waals surface area contributed by atoms with E-state index in [1.54, 1.807) is 0 Å². The Bertz CT molecular complexity index is 559. The Morgan fingerprint density at radius 1 is 1.44 bits per heavy atom. The molecule has 96 valence electrons. The number of nitrogens with one attached hydrogen (secondary N) is 2. The van der Waals surface area contributed by atoms with Crippen molar-refractivity contribution in [1.82, 2.24) is 15.2 Å². The molecule has 0 aliphatic heterocycles. The van der Waals surface area contributed by atoms with E-state index < -0.39 is 0 Å². The monoisotopic (exact) mass is 246 g/mol. The molecule has 0 unspecified atom stereocenters. The standard InChI is InChI=1S/C13H18N4O/c1-17(2)7-6-15-13(18)11-8-9-4-3-5-10(14)12(9)16-11/h3-5,8,16H,6-7,14H2,1-2H3,(H,15,18). The number of amides is 1. The lowest BCUT2D eigenvalue weighted by molar-refractivity contribution is 0.0947. The molecule has 5 heteroatoms. The van der Waals surface area contributed by atoms with Crippen LogP contribution in [0, 0.1) is 0 Å². The van der Waals surface area contributed by atoms with Crippen LogP contribution in [0.4, 0.5) is 5.69 Å². The zero-order chi connectivity index (χ0) is 13.1. The molecule has 0 saturated heterocycles. The molecule has 0 saturated carbocycles. The molecule has 0 aliphatic carbocycles. The van der Waals surface area contributed by atoms with Gasteiger partial charge in [0, 0.05) is 18.5 Å². The number of rotatable bonds is 4. The zero-order valence-corrected chi connectivity index (χ0v) is 10.7. The van der Waals surface area contributed by atoms with Crippen LogP contribution in [0.5, 0.6) is 0 Å². The van der Waals surface area contributed by atoms with Gasteiger partial charge in [0.1, 0.15) is 5.69 Å². The smallest absolute Gasteiger partial charge is 0.267 e. The lowest BCUT2D eigenvalue weighted by Crippen LogP contribution is -2.31. The van der Waals surface area contributed by atoms with Gasteiger partial charge in [-0.1, -0.05) is 12.1 Å². The number of nitrogen functional groups attached to an aromatic ring is 1. The summed E-state index contributed by atoms with van der Waals surface area (Å²) in [6.45, 7) is 1.44. The molecule has 0 spiro atoms. The van der Waals surface area contributed by atoms with E-state index in [2.05, 4.69) is 10.3 Å². The molecule has 0 fully saturated rings. The van der Waals surface area contributed by atoms with Gasteiger partial charge < -0.3 is 20.9 Å². The third-order valence-electron chi connectivity index (χ3n) is 2.78. The summed E-state index contributed by atoms with van der Waals surface area (Å²) in [5.41, 5.74) is 7.85. The van der Waals surface area contributed by atoms with Crippen molar-refractivity contribution in [3.05, 3.63) is 30.0 Å². The predicted molar refractivity (Wildman–Crippen MR) is 73.6 cm³/mol. The number of hydrogen-bond acceptors (Lipinski definition) is 3. The molecule has 0 atom stereocenters. The van der Waals surface area contributed by atoms with Crippen LogP contribution in [-0.2, 0) is 0 Å². The molecule has 2 aromatic rings. The van der Waals surface area contributed by atoms with Crippen LogP contribution < -0.4 is 11.1 Å². The van der Waals surface area contributed by atoms with E-state index in [0.717, 1.165) is 17.4 Å². The highest BCUT2D eigenvalue weighted by atomic mass is 16.1. The van der Waals surface area contributed by atoms with Gasteiger partial charge in [-0.15, -0.1) is 0 Å². The molecule has 0 bridgehead atoms. The Morgan fingerprint density at radius 2 is 2.22 bits per heavy atom. The van der Waals surface area contributed by atoms with Gasteiger partial charge in [-0.3, -0.25) is 4.79 Å². The van der Waals surface area contributed by atoms with Gasteiger partial charge >= 0.3 is 0 Å². The predicted octanol–water partition coefficient (Wildman–Crippen LogP) is 1.04. The van der Waals surface area contributed by atoms with Crippen LogP contribution in [0.15, 0.2) is 24.3 Å². The maximum Gasteiger partial charge on any atom is 0.267 e. The Balaban J connectivity index is 2.11. The highest BCUT2D eigenvalue weighted by Gasteiger charge is 2.09. The highest BCUT2D eigenvalue weighted by Crippen LogP contribution is 2.20. The molecular formula is C13H18N4O. The molecule has 18 heavy (non-hydrogen) atoms. The van der Waals surface area contributed by atoms with Crippen LogP contribution >= 0.6 is 0 Å². The van der Waals surface area contributed by atoms with E-state index in [4.69, 9.17) is 5.73 Å². The first-order valence-electron chi connectivity index (χ1n) is 5.88. The molecule has 1 amide bonds. The minimum Gasteiger partial charge on any atom is -0.397 e. The number of carbonyl (C=O) groups excluding carboxylic acids is 1. The number of anilines is 1. The van der Waals surface area contributed by atoms with Crippen molar-refractivity contribution in [2.45, 2.75) is 0 Å². The van der Waals surface area contributed by atoms with Crippen LogP contribution in [0.3, 0.4) is 0 Å². The number of nitrogens with zero attached hydrogens (tertiary/aromatic N) is 1. The maximum absolute atomic E-state index is 11.9. The molecule has 1 aromatic heterocycles. The van der Waals surface area contributed by atoms with E-state index in [9.17, 15) is 4.79 Å². The summed E-state index contributed by atoms with van der Waals surface area (Å²) in [5, 5.41) is 3.81. The Hall–Kier alpha value is -2.01. The van der Waals surface area contributed by atoms with Crippen molar-refractivity contribution < 1.29 is 4.79 Å². The van der Waals surface area contributed by atoms with Gasteiger partial charge in [0.15, 0.2) is 0 Å². The van der Waals surface area contributed by atoms with Gasteiger partial charge in [0.2, 0.25) is 0 Å². The van der Waals surface area contributed by atoms with Crippen molar-refractivity contribution >= 4 is 22.5 Å². The third-order valence-corrected chi connectivity index (χ3v) is 2.78. The molecule has 2 rings (SSSR count). The largest absolute Gasteiger partial charge is 0.397 e. The minimum absolute atomic E-state index is 0.104. The van der Waals surface area contributed by atoms with E-state index >= 15 is 0 Å². The van der Waals surface area contributed by atoms with Gasteiger partial charge in [-0.2, -0.15) is 0 Å². The van der Waals surface area contributed by atoms with Gasteiger partial charge in [-0.05, 0) is 26.2 Å². The van der Waals surface area contributed by atoms with Crippen molar-refractivity contribution in [2.75, 3.05) is 32.9 Å². The van der Waals surface area contributed by atoms with Crippen molar-refractivity contribution in [3.8, 4) is 0 Å². The number of para-hydroxylation sites is 1. The second-order valence-corrected chi connectivity index (χ2v) is 4.55. The highest BCUT2D eigenvalue weighted by molar-refractivity contribution is 6.00. The SMILES string of the molecule is CN(C)CCNC(=O)c1cc2cccc(N)c2[nH]1. The molecule has 5 nitrogen and oxygen atoms in total. The zero-order valence-electron chi connectivity index (χ0n) is 10.7. The van der Waals surface area contributed by atoms with Crippen LogP contribution in [0.1, 0.15) is 10.5 Å². The topological polar surface area (TPSA) is 74.2 Å². The summed E-state index contributed by atoms with van der Waals surface area (Å²) in [7, 11) is 3.94. The number of benzene rings is 1. The lowest BCUT2D eigenvalue weighted by Gasteiger charge is -2.09. The van der Waals surface area contributed by atoms with Crippen LogP contribution in [0.25, 0.3) is 10.9 Å². The molecular weight excluding hydrogens is 228 g/mol. The molecule has 0 aliphatic rings. The number of likely N-dealkylation sites (N-methyl/N-ethyl adjacent to an activating group) is 1. The van der Waals surface area contributed by atoms with E-state index in [0.29, 0.717) is 17.9 Å². The van der Waals surface area contributed by atoms with Crippen molar-refractivity contribution in [2.24, 2.45) is 0 Å². The molecule has 1 heterocycles. The normalized spacial score (nSPS) is 11.1. The fourth-order valence-corrected chi connectivity index (χ4v) is 1.79. The second kappa shape index (κ2) is 5.10. The van der Waals surface area contributed by atoms with E-state index in [1.165, 1.54) is 0 Å². The summed E-state index contributed by atoms with van der Waals surface area (Å²) >= 11 is 0. The quantitative estimate of drug-likeness (QED) is 0.706. The summed E-state index contributed by atoms with van der Waals surface area (Å²) < 4.78 is 0. The second-order valence-electron chi connectivity index (χ2n) is 4.55. The summed E-state index contributed by atoms with van der Waals surface area (Å²) in [5.74, 6) is -0.104. The first kappa shape index (κ1) is 12.4. The summed E-state index contributed by atoms with van der Waals surface area (Å²) in [4.78, 5) is 17.0. The third kappa shape index (κ3) is 2.62. The number of hydrogen-bond donors (Lipinski definition) is 3. The van der Waals surface area contributed by atoms with E-state index in [-0.39, 0.29) is 5.91 Å². The Morgan fingerprint density at radius 3 is 2.89 bits per heavy atom. The van der Waals surface area contributed by atoms with Crippen molar-refractivity contribution in [1.29, 1.82) is 0 Å². The molecule has 4 N–H and O–H groups in total. The maximum atomic E-state index is 11.9. The summed E-state index contributed by atoms with van der Waals surface area (Å²) in [6.07, 6.45) is 0. The number of nitrogens with two attached hydrogens (primary N) is 1. The number of aromatic amines is 1. The average molecular weight is 246 g/mol. The fourth-order valence-electron chi connectivity index (χ4n) is 1.79. The fraction of sp³-hybridized carbons (Fsp3) is 0.308. The first-order valence-corrected chi connectivity index (χ1v) is 5.88. The van der Waals surface area contributed by atoms with E-state index in [1.807, 2.05) is 43.3 Å². The number of fused-ring (bicyclic) bond motifs is 1. The van der Waals surface area contributed by atoms with Gasteiger partial charge in [0.05, 0.1) is 11.2 Å². The summed E-state index contributed by atoms with van der Waals surface area (Å²) in [6, 6.07) is 7.43.